The standard InChI is InChI=1S/C12H16N2O2/c1-16-11-2-3-12-9(6-11)4-5-14(12)8-10(15)7-13/h2-6,10,15H,7-8,13H2,1H3. The van der Waals surface area contributed by atoms with Gasteiger partial charge in [0.15, 0.2) is 0 Å². The van der Waals surface area contributed by atoms with E-state index in [0.717, 1.165) is 16.7 Å². The van der Waals surface area contributed by atoms with Gasteiger partial charge in [-0.1, -0.05) is 0 Å². The topological polar surface area (TPSA) is 60.4 Å². The fraction of sp³-hybridized carbons (Fsp3) is 0.333. The lowest BCUT2D eigenvalue weighted by Crippen LogP contribution is -2.24. The van der Waals surface area contributed by atoms with Crippen molar-refractivity contribution >= 4 is 10.9 Å². The Morgan fingerprint density at radius 2 is 2.25 bits per heavy atom. The molecule has 2 aromatic rings. The molecular formula is C12H16N2O2. The second-order valence-electron chi connectivity index (χ2n) is 3.78. The number of hydrogen-bond acceptors (Lipinski definition) is 3. The minimum Gasteiger partial charge on any atom is -0.497 e. The quantitative estimate of drug-likeness (QED) is 0.807. The number of aliphatic hydroxyl groups is 1. The summed E-state index contributed by atoms with van der Waals surface area (Å²) in [7, 11) is 1.65. The van der Waals surface area contributed by atoms with Crippen molar-refractivity contribution < 1.29 is 9.84 Å². The Balaban J connectivity index is 2.34. The van der Waals surface area contributed by atoms with Gasteiger partial charge in [0, 0.05) is 30.2 Å². The highest BCUT2D eigenvalue weighted by Gasteiger charge is 2.06. The summed E-state index contributed by atoms with van der Waals surface area (Å²) in [5.41, 5.74) is 6.47. The molecule has 0 aliphatic rings. The van der Waals surface area contributed by atoms with E-state index in [1.807, 2.05) is 35.0 Å². The Kier molecular flexibility index (Phi) is 3.12. The first kappa shape index (κ1) is 11.0. The summed E-state index contributed by atoms with van der Waals surface area (Å²) in [5.74, 6) is 0.838. The zero-order chi connectivity index (χ0) is 11.5. The maximum Gasteiger partial charge on any atom is 0.119 e. The van der Waals surface area contributed by atoms with E-state index in [2.05, 4.69) is 0 Å². The van der Waals surface area contributed by atoms with Crippen molar-refractivity contribution in [3.05, 3.63) is 30.5 Å². The van der Waals surface area contributed by atoms with Crippen LogP contribution in [0.4, 0.5) is 0 Å². The minimum absolute atomic E-state index is 0.274. The third-order valence-electron chi connectivity index (χ3n) is 2.66. The van der Waals surface area contributed by atoms with Gasteiger partial charge in [-0.15, -0.1) is 0 Å². The number of ether oxygens (including phenoxy) is 1. The van der Waals surface area contributed by atoms with Gasteiger partial charge in [0.2, 0.25) is 0 Å². The Morgan fingerprint density at radius 1 is 1.44 bits per heavy atom. The first-order chi connectivity index (χ1) is 7.74. The molecular weight excluding hydrogens is 204 g/mol. The van der Waals surface area contributed by atoms with Crippen molar-refractivity contribution in [3.8, 4) is 5.75 Å². The molecule has 0 amide bonds. The average Bonchev–Trinajstić information content (AvgIpc) is 2.71. The summed E-state index contributed by atoms with van der Waals surface area (Å²) in [6.45, 7) is 0.794. The molecule has 1 atom stereocenters. The molecule has 1 unspecified atom stereocenters. The normalized spacial score (nSPS) is 12.9. The molecule has 4 nitrogen and oxygen atoms in total. The van der Waals surface area contributed by atoms with Crippen LogP contribution in [0.3, 0.4) is 0 Å². The van der Waals surface area contributed by atoms with Crippen molar-refractivity contribution in [2.75, 3.05) is 13.7 Å². The van der Waals surface area contributed by atoms with Crippen LogP contribution in [0.2, 0.25) is 0 Å². The van der Waals surface area contributed by atoms with Crippen LogP contribution in [0.15, 0.2) is 30.5 Å². The maximum absolute atomic E-state index is 9.52. The Hall–Kier alpha value is -1.52. The largest absolute Gasteiger partial charge is 0.497 e. The predicted molar refractivity (Wildman–Crippen MR) is 63.6 cm³/mol. The van der Waals surface area contributed by atoms with E-state index in [1.54, 1.807) is 7.11 Å². The van der Waals surface area contributed by atoms with Gasteiger partial charge in [0.25, 0.3) is 0 Å². The Bertz CT molecular complexity index is 479. The molecule has 0 saturated heterocycles. The number of rotatable bonds is 4. The van der Waals surface area contributed by atoms with Crippen molar-refractivity contribution in [1.82, 2.24) is 4.57 Å². The number of nitrogens with zero attached hydrogens (tertiary/aromatic N) is 1. The van der Waals surface area contributed by atoms with Gasteiger partial charge in [-0.2, -0.15) is 0 Å². The van der Waals surface area contributed by atoms with Crippen LogP contribution in [0, 0.1) is 0 Å². The molecule has 4 heteroatoms. The number of methoxy groups -OCH3 is 1. The van der Waals surface area contributed by atoms with Crippen molar-refractivity contribution in [1.29, 1.82) is 0 Å². The van der Waals surface area contributed by atoms with Gasteiger partial charge in [-0.05, 0) is 24.3 Å². The number of nitrogens with two attached hydrogens (primary N) is 1. The SMILES string of the molecule is COc1ccc2c(ccn2CC(O)CN)c1. The van der Waals surface area contributed by atoms with E-state index < -0.39 is 6.10 Å². The highest BCUT2D eigenvalue weighted by Crippen LogP contribution is 2.21. The van der Waals surface area contributed by atoms with E-state index in [4.69, 9.17) is 10.5 Å². The fourth-order valence-electron chi connectivity index (χ4n) is 1.77. The molecule has 0 radical (unpaired) electrons. The van der Waals surface area contributed by atoms with Gasteiger partial charge in [-0.3, -0.25) is 0 Å². The first-order valence-electron chi connectivity index (χ1n) is 5.25. The van der Waals surface area contributed by atoms with Gasteiger partial charge in [-0.25, -0.2) is 0 Å². The lowest BCUT2D eigenvalue weighted by atomic mass is 10.2. The monoisotopic (exact) mass is 220 g/mol. The van der Waals surface area contributed by atoms with E-state index in [0.29, 0.717) is 6.54 Å². The van der Waals surface area contributed by atoms with Gasteiger partial charge >= 0.3 is 0 Å². The summed E-state index contributed by atoms with van der Waals surface area (Å²) in [6, 6.07) is 7.87. The summed E-state index contributed by atoms with van der Waals surface area (Å²) in [6.07, 6.45) is 1.45. The van der Waals surface area contributed by atoms with Gasteiger partial charge < -0.3 is 20.1 Å². The van der Waals surface area contributed by atoms with Gasteiger partial charge in [0.1, 0.15) is 5.75 Å². The van der Waals surface area contributed by atoms with Crippen LogP contribution in [0.1, 0.15) is 0 Å². The molecule has 86 valence electrons. The molecule has 2 rings (SSSR count). The second-order valence-corrected chi connectivity index (χ2v) is 3.78. The van der Waals surface area contributed by atoms with Crippen molar-refractivity contribution in [2.45, 2.75) is 12.6 Å². The average molecular weight is 220 g/mol. The summed E-state index contributed by atoms with van der Waals surface area (Å²) >= 11 is 0. The molecule has 0 aliphatic heterocycles. The number of aromatic nitrogens is 1. The van der Waals surface area contributed by atoms with Crippen LogP contribution in [0.5, 0.6) is 5.75 Å². The lowest BCUT2D eigenvalue weighted by Gasteiger charge is -2.10. The Labute approximate surface area is 94.2 Å². The van der Waals surface area contributed by atoms with E-state index in [9.17, 15) is 5.11 Å². The molecule has 1 aromatic carbocycles. The smallest absolute Gasteiger partial charge is 0.119 e. The molecule has 0 saturated carbocycles. The number of fused-ring (bicyclic) bond motifs is 1. The maximum atomic E-state index is 9.52. The Morgan fingerprint density at radius 3 is 2.94 bits per heavy atom. The second kappa shape index (κ2) is 4.55. The zero-order valence-corrected chi connectivity index (χ0v) is 9.26. The molecule has 0 bridgehead atoms. The molecule has 16 heavy (non-hydrogen) atoms. The predicted octanol–water partition coefficient (Wildman–Crippen LogP) is 0.970. The molecule has 1 aromatic heterocycles. The van der Waals surface area contributed by atoms with Crippen LogP contribution < -0.4 is 10.5 Å². The van der Waals surface area contributed by atoms with Crippen LogP contribution in [-0.4, -0.2) is 29.4 Å². The fourth-order valence-corrected chi connectivity index (χ4v) is 1.77. The third-order valence-corrected chi connectivity index (χ3v) is 2.66. The van der Waals surface area contributed by atoms with E-state index in [-0.39, 0.29) is 6.54 Å². The third kappa shape index (κ3) is 2.03. The highest BCUT2D eigenvalue weighted by molar-refractivity contribution is 5.81. The molecule has 1 heterocycles. The number of aliphatic hydroxyl groups excluding tert-OH is 1. The minimum atomic E-state index is -0.502. The van der Waals surface area contributed by atoms with Crippen LogP contribution in [-0.2, 0) is 6.54 Å². The molecule has 0 fully saturated rings. The number of benzene rings is 1. The summed E-state index contributed by atoms with van der Waals surface area (Å²) in [5, 5.41) is 10.6. The summed E-state index contributed by atoms with van der Waals surface area (Å²) in [4.78, 5) is 0. The van der Waals surface area contributed by atoms with Gasteiger partial charge in [0.05, 0.1) is 13.2 Å². The highest BCUT2D eigenvalue weighted by atomic mass is 16.5. The lowest BCUT2D eigenvalue weighted by molar-refractivity contribution is 0.164. The van der Waals surface area contributed by atoms with Crippen LogP contribution >= 0.6 is 0 Å². The molecule has 0 spiro atoms. The summed E-state index contributed by atoms with van der Waals surface area (Å²) < 4.78 is 7.15. The first-order valence-corrected chi connectivity index (χ1v) is 5.25. The van der Waals surface area contributed by atoms with Crippen molar-refractivity contribution in [3.63, 3.8) is 0 Å². The van der Waals surface area contributed by atoms with Crippen LogP contribution in [0.25, 0.3) is 10.9 Å². The molecule has 0 aliphatic carbocycles. The van der Waals surface area contributed by atoms with E-state index in [1.165, 1.54) is 0 Å². The van der Waals surface area contributed by atoms with E-state index >= 15 is 0 Å². The van der Waals surface area contributed by atoms with Crippen molar-refractivity contribution in [2.24, 2.45) is 5.73 Å². The molecule has 3 N–H and O–H groups in total. The zero-order valence-electron chi connectivity index (χ0n) is 9.26. The number of hydrogen-bond donors (Lipinski definition) is 2.